The third-order valence-corrected chi connectivity index (χ3v) is 21.8. The predicted octanol–water partition coefficient (Wildman–Crippen LogP) is 12.8. The summed E-state index contributed by atoms with van der Waals surface area (Å²) in [5, 5.41) is 1.21. The summed E-state index contributed by atoms with van der Waals surface area (Å²) >= 11 is 0. The summed E-state index contributed by atoms with van der Waals surface area (Å²) in [5.74, 6) is -5.21. The van der Waals surface area contributed by atoms with Crippen molar-refractivity contribution in [3.8, 4) is 0 Å². The molecule has 0 aliphatic carbocycles. The standard InChI is InChI=1S/C78H80O17Si/c1-5-6-7-8-9-34-51-85-76-68(94-74(83)58-43-26-14-27-44-58)66(92-72(81)56-39-22-12-23-40-56)64(90-70(79)54-35-18-10-19-36-54)62(88-76)52-86-77-69(95-75(84)59-45-28-15-29-46-59)67(93-73(82)57-41-24-13-25-42-57)65(91-71(80)55-37-20-11-21-38-55)63(89-77)53-87-96(78(2,3)4,60-47-30-16-31-48-60)61-49-32-17-33-50-61/h10-33,35-50,62-69,76-77H,5-9,34,51-53H2,1-4H3/t62-,63-,64-,65-,66+,67+,68+,69+,76+,77+/m1/s1. The van der Waals surface area contributed by atoms with Crippen LogP contribution in [0.2, 0.25) is 5.04 Å². The molecular formula is C78H80O17Si. The molecule has 498 valence electrons. The quantitative estimate of drug-likeness (QED) is 0.0194. The second-order valence-corrected chi connectivity index (χ2v) is 28.8. The monoisotopic (exact) mass is 1320 g/mol. The second kappa shape index (κ2) is 33.8. The Morgan fingerprint density at radius 2 is 0.604 bits per heavy atom. The van der Waals surface area contributed by atoms with Gasteiger partial charge in [-0.3, -0.25) is 0 Å². The first kappa shape index (κ1) is 69.4. The highest BCUT2D eigenvalue weighted by atomic mass is 28.4. The van der Waals surface area contributed by atoms with Gasteiger partial charge in [-0.15, -0.1) is 0 Å². The third kappa shape index (κ3) is 17.5. The first-order chi connectivity index (χ1) is 46.7. The maximum Gasteiger partial charge on any atom is 0.338 e. The van der Waals surface area contributed by atoms with Crippen LogP contribution in [0.25, 0.3) is 0 Å². The summed E-state index contributed by atoms with van der Waals surface area (Å²) in [6, 6.07) is 68.5. The molecule has 2 aliphatic rings. The van der Waals surface area contributed by atoms with E-state index in [9.17, 15) is 28.8 Å². The fourth-order valence-electron chi connectivity index (χ4n) is 11.9. The van der Waals surface area contributed by atoms with Crippen molar-refractivity contribution in [1.29, 1.82) is 0 Å². The molecule has 0 bridgehead atoms. The second-order valence-electron chi connectivity index (χ2n) is 24.4. The van der Waals surface area contributed by atoms with Gasteiger partial charge in [0.2, 0.25) is 0 Å². The summed E-state index contributed by atoms with van der Waals surface area (Å²) in [4.78, 5) is 88.3. The molecule has 2 fully saturated rings. The van der Waals surface area contributed by atoms with Crippen LogP contribution in [0.1, 0.15) is 128 Å². The Labute approximate surface area is 560 Å². The number of ether oxygens (including phenoxy) is 10. The molecule has 0 radical (unpaired) electrons. The molecule has 8 aromatic carbocycles. The summed E-state index contributed by atoms with van der Waals surface area (Å²) in [7, 11) is -3.51. The van der Waals surface area contributed by atoms with Crippen molar-refractivity contribution in [2.24, 2.45) is 0 Å². The van der Waals surface area contributed by atoms with Crippen LogP contribution in [0.5, 0.6) is 0 Å². The molecule has 96 heavy (non-hydrogen) atoms. The van der Waals surface area contributed by atoms with Crippen LogP contribution in [0.4, 0.5) is 0 Å². The molecule has 2 heterocycles. The average molecular weight is 1320 g/mol. The van der Waals surface area contributed by atoms with Gasteiger partial charge in [0.25, 0.3) is 8.32 Å². The molecule has 8 aromatic rings. The molecule has 0 spiro atoms. The van der Waals surface area contributed by atoms with Crippen LogP contribution in [0, 0.1) is 0 Å². The smallest absolute Gasteiger partial charge is 0.338 e. The Balaban J connectivity index is 1.12. The van der Waals surface area contributed by atoms with Gasteiger partial charge in [0.1, 0.15) is 12.2 Å². The molecule has 18 heteroatoms. The zero-order chi connectivity index (χ0) is 67.3. The van der Waals surface area contributed by atoms with Crippen LogP contribution in [0.15, 0.2) is 243 Å². The molecule has 0 N–H and O–H groups in total. The van der Waals surface area contributed by atoms with E-state index in [1.807, 2.05) is 60.7 Å². The number of hydrogen-bond acceptors (Lipinski definition) is 17. The Bertz CT molecular complexity index is 3710. The van der Waals surface area contributed by atoms with Crippen molar-refractivity contribution in [2.75, 3.05) is 19.8 Å². The maximum atomic E-state index is 14.9. The van der Waals surface area contributed by atoms with E-state index < -0.39 is 117 Å². The summed E-state index contributed by atoms with van der Waals surface area (Å²) in [6.07, 6.45) is -11.0. The number of carbonyl (C=O) groups excluding carboxylic acids is 6. The molecule has 0 aromatic heterocycles. The largest absolute Gasteiger partial charge is 0.452 e. The van der Waals surface area contributed by atoms with Gasteiger partial charge in [0, 0.05) is 6.61 Å². The lowest BCUT2D eigenvalue weighted by molar-refractivity contribution is -0.328. The van der Waals surface area contributed by atoms with Gasteiger partial charge in [0.15, 0.2) is 49.2 Å². The number of carbonyl (C=O) groups is 6. The average Bonchev–Trinajstić information content (AvgIpc) is 0.757. The molecule has 2 saturated heterocycles. The number of rotatable bonds is 28. The highest BCUT2D eigenvalue weighted by molar-refractivity contribution is 6.99. The Kier molecular flexibility index (Phi) is 24.5. The maximum absolute atomic E-state index is 14.9. The van der Waals surface area contributed by atoms with Gasteiger partial charge in [-0.05, 0) is 94.6 Å². The van der Waals surface area contributed by atoms with E-state index in [0.717, 1.165) is 42.5 Å². The number of esters is 6. The predicted molar refractivity (Wildman–Crippen MR) is 360 cm³/mol. The van der Waals surface area contributed by atoms with Crippen molar-refractivity contribution in [3.05, 3.63) is 276 Å². The first-order valence-corrected chi connectivity index (χ1v) is 34.5. The van der Waals surface area contributed by atoms with E-state index in [0.29, 0.717) is 6.42 Å². The highest BCUT2D eigenvalue weighted by Gasteiger charge is 2.58. The summed E-state index contributed by atoms with van der Waals surface area (Å²) in [6.45, 7) is 7.49. The van der Waals surface area contributed by atoms with E-state index in [-0.39, 0.29) is 46.6 Å². The third-order valence-electron chi connectivity index (χ3n) is 16.8. The van der Waals surface area contributed by atoms with Crippen LogP contribution >= 0.6 is 0 Å². The molecule has 0 saturated carbocycles. The summed E-state index contributed by atoms with van der Waals surface area (Å²) in [5.41, 5.74) is 0.710. The van der Waals surface area contributed by atoms with E-state index in [4.69, 9.17) is 51.8 Å². The number of hydrogen-bond donors (Lipinski definition) is 0. The topological polar surface area (TPSA) is 204 Å². The van der Waals surface area contributed by atoms with Gasteiger partial charge < -0.3 is 51.8 Å². The van der Waals surface area contributed by atoms with Gasteiger partial charge in [0.05, 0.1) is 46.6 Å². The SMILES string of the molecule is CCCCCCCCO[C@H]1O[C@H](CO[C@H]2O[C@H](CO[Si](c3ccccc3)(c3ccccc3)C(C)(C)C)[C@@H](OC(=O)c3ccccc3)[C@H](OC(=O)c3ccccc3)[C@@H]2OC(=O)c2ccccc2)[C@@H](OC(=O)c2ccccc2)[C@H](OC(=O)c2ccccc2)[C@@H]1OC(=O)c1ccccc1. The van der Waals surface area contributed by atoms with Gasteiger partial charge >= 0.3 is 35.8 Å². The van der Waals surface area contributed by atoms with E-state index in [1.54, 1.807) is 158 Å². The molecule has 0 unspecified atom stereocenters. The van der Waals surface area contributed by atoms with Crippen molar-refractivity contribution < 1.29 is 80.6 Å². The van der Waals surface area contributed by atoms with Gasteiger partial charge in [-0.2, -0.15) is 0 Å². The first-order valence-electron chi connectivity index (χ1n) is 32.6. The van der Waals surface area contributed by atoms with Crippen molar-refractivity contribution in [3.63, 3.8) is 0 Å². The van der Waals surface area contributed by atoms with Crippen LogP contribution in [-0.4, -0.2) is 125 Å². The highest BCUT2D eigenvalue weighted by Crippen LogP contribution is 2.40. The van der Waals surface area contributed by atoms with Gasteiger partial charge in [-0.1, -0.05) is 230 Å². The fourth-order valence-corrected chi connectivity index (χ4v) is 16.5. The lowest BCUT2D eigenvalue weighted by atomic mass is 9.96. The Hall–Kier alpha value is -9.40. The molecule has 2 aliphatic heterocycles. The zero-order valence-corrected chi connectivity index (χ0v) is 55.2. The molecule has 10 atom stereocenters. The van der Waals surface area contributed by atoms with E-state index >= 15 is 0 Å². The molecular weight excluding hydrogens is 1240 g/mol. The minimum atomic E-state index is -3.51. The Morgan fingerprint density at radius 3 is 0.927 bits per heavy atom. The fraction of sp³-hybridized carbons (Fsp3) is 0.308. The molecule has 0 amide bonds. The molecule has 10 rings (SSSR count). The number of benzene rings is 8. The van der Waals surface area contributed by atoms with Crippen LogP contribution in [0.3, 0.4) is 0 Å². The lowest BCUT2D eigenvalue weighted by Crippen LogP contribution is -2.69. The lowest BCUT2D eigenvalue weighted by Gasteiger charge is -2.48. The Morgan fingerprint density at radius 1 is 0.333 bits per heavy atom. The van der Waals surface area contributed by atoms with Crippen molar-refractivity contribution in [2.45, 2.75) is 133 Å². The van der Waals surface area contributed by atoms with Gasteiger partial charge in [-0.25, -0.2) is 28.8 Å². The van der Waals surface area contributed by atoms with Crippen molar-refractivity contribution in [1.82, 2.24) is 0 Å². The number of unbranched alkanes of at least 4 members (excludes halogenated alkanes) is 5. The zero-order valence-electron chi connectivity index (χ0n) is 54.2. The van der Waals surface area contributed by atoms with Crippen molar-refractivity contribution >= 4 is 54.5 Å². The summed E-state index contributed by atoms with van der Waals surface area (Å²) < 4.78 is 74.2. The van der Waals surface area contributed by atoms with E-state index in [2.05, 4.69) is 27.7 Å². The van der Waals surface area contributed by atoms with E-state index in [1.165, 1.54) is 24.3 Å². The minimum Gasteiger partial charge on any atom is -0.452 e. The normalized spacial score (nSPS) is 21.0. The van der Waals surface area contributed by atoms with Crippen LogP contribution in [-0.2, 0) is 51.8 Å². The van der Waals surface area contributed by atoms with Crippen LogP contribution < -0.4 is 10.4 Å². The molecule has 17 nitrogen and oxygen atoms in total. The minimum absolute atomic E-state index is 0.0887.